The van der Waals surface area contributed by atoms with Crippen LogP contribution < -0.4 is 10.1 Å². The number of carbonyl (C=O) groups excluding carboxylic acids is 2. The van der Waals surface area contributed by atoms with Crippen LogP contribution in [0.1, 0.15) is 30.0 Å². The van der Waals surface area contributed by atoms with Gasteiger partial charge in [0, 0.05) is 24.9 Å². The second kappa shape index (κ2) is 12.7. The van der Waals surface area contributed by atoms with Gasteiger partial charge in [-0.15, -0.1) is 0 Å². The molecule has 0 radical (unpaired) electrons. The second-order valence-electron chi connectivity index (χ2n) is 9.27. The van der Waals surface area contributed by atoms with Crippen molar-refractivity contribution >= 4 is 22.6 Å². The summed E-state index contributed by atoms with van der Waals surface area (Å²) in [5.41, 5.74) is 3.07. The minimum atomic E-state index is -0.668. The van der Waals surface area contributed by atoms with Crippen LogP contribution in [0.15, 0.2) is 97.1 Å². The minimum Gasteiger partial charge on any atom is -0.483 e. The summed E-state index contributed by atoms with van der Waals surface area (Å²) < 4.78 is 6.06. The van der Waals surface area contributed by atoms with E-state index in [4.69, 9.17) is 4.74 Å². The summed E-state index contributed by atoms with van der Waals surface area (Å²) in [6.45, 7) is 4.75. The summed E-state index contributed by atoms with van der Waals surface area (Å²) in [4.78, 5) is 28.9. The highest BCUT2D eigenvalue weighted by Gasteiger charge is 2.30. The molecule has 0 spiro atoms. The van der Waals surface area contributed by atoms with Crippen LogP contribution in [0.2, 0.25) is 0 Å². The van der Waals surface area contributed by atoms with Crippen molar-refractivity contribution in [1.29, 1.82) is 0 Å². The first-order valence-electron chi connectivity index (χ1n) is 12.8. The lowest BCUT2D eigenvalue weighted by atomic mass is 10.0. The lowest BCUT2D eigenvalue weighted by Gasteiger charge is -2.31. The van der Waals surface area contributed by atoms with E-state index in [0.29, 0.717) is 25.3 Å². The number of nitrogens with one attached hydrogen (secondary N) is 1. The molecule has 0 aliphatic rings. The van der Waals surface area contributed by atoms with E-state index in [9.17, 15) is 9.59 Å². The zero-order valence-electron chi connectivity index (χ0n) is 21.5. The molecule has 1 unspecified atom stereocenters. The molecule has 37 heavy (non-hydrogen) atoms. The largest absolute Gasteiger partial charge is 0.483 e. The third kappa shape index (κ3) is 6.98. The summed E-state index contributed by atoms with van der Waals surface area (Å²) in [5.74, 6) is 0.260. The van der Waals surface area contributed by atoms with Gasteiger partial charge in [0.2, 0.25) is 5.91 Å². The van der Waals surface area contributed by atoms with Gasteiger partial charge in [0.15, 0.2) is 6.61 Å². The van der Waals surface area contributed by atoms with Crippen molar-refractivity contribution in [3.05, 3.63) is 114 Å². The third-order valence-corrected chi connectivity index (χ3v) is 6.36. The maximum Gasteiger partial charge on any atom is 0.261 e. The first kappa shape index (κ1) is 26.0. The van der Waals surface area contributed by atoms with Crippen LogP contribution in [0.3, 0.4) is 0 Å². The fraction of sp³-hybridized carbons (Fsp3) is 0.250. The lowest BCUT2D eigenvalue weighted by molar-refractivity contribution is -0.142. The summed E-state index contributed by atoms with van der Waals surface area (Å²) in [6, 6.07) is 30.9. The molecule has 4 aromatic carbocycles. The lowest BCUT2D eigenvalue weighted by Crippen LogP contribution is -2.51. The molecule has 0 heterocycles. The van der Waals surface area contributed by atoms with E-state index in [2.05, 4.69) is 11.4 Å². The Morgan fingerprint density at radius 1 is 0.865 bits per heavy atom. The first-order chi connectivity index (χ1) is 18.0. The highest BCUT2D eigenvalue weighted by atomic mass is 16.5. The topological polar surface area (TPSA) is 58.6 Å². The Morgan fingerprint density at radius 2 is 1.57 bits per heavy atom. The molecule has 4 rings (SSSR count). The number of aryl methyl sites for hydroxylation is 1. The molecule has 0 saturated carbocycles. The Morgan fingerprint density at radius 3 is 2.35 bits per heavy atom. The third-order valence-electron chi connectivity index (χ3n) is 6.36. The van der Waals surface area contributed by atoms with Crippen molar-refractivity contribution in [3.63, 3.8) is 0 Å². The van der Waals surface area contributed by atoms with Crippen molar-refractivity contribution in [3.8, 4) is 5.75 Å². The Kier molecular flexibility index (Phi) is 8.93. The summed E-state index contributed by atoms with van der Waals surface area (Å²) in [7, 11) is 0. The summed E-state index contributed by atoms with van der Waals surface area (Å²) in [6.07, 6.45) is 1.24. The van der Waals surface area contributed by atoms with Crippen LogP contribution in [0.4, 0.5) is 0 Å². The number of ether oxygens (including phenoxy) is 1. The Balaban J connectivity index is 1.63. The fourth-order valence-corrected chi connectivity index (χ4v) is 4.47. The van der Waals surface area contributed by atoms with Crippen molar-refractivity contribution < 1.29 is 14.3 Å². The zero-order valence-corrected chi connectivity index (χ0v) is 21.5. The van der Waals surface area contributed by atoms with Gasteiger partial charge in [-0.2, -0.15) is 0 Å². The second-order valence-corrected chi connectivity index (χ2v) is 9.27. The Labute approximate surface area is 219 Å². The molecular formula is C32H34N2O3. The average molecular weight is 495 g/mol. The molecule has 0 saturated heterocycles. The average Bonchev–Trinajstić information content (AvgIpc) is 2.93. The number of hydrogen-bond acceptors (Lipinski definition) is 3. The number of rotatable bonds is 11. The highest BCUT2D eigenvalue weighted by Crippen LogP contribution is 2.25. The molecule has 0 aromatic heterocycles. The van der Waals surface area contributed by atoms with Crippen LogP contribution in [0, 0.1) is 6.92 Å². The number of nitrogens with zero attached hydrogens (tertiary/aromatic N) is 1. The van der Waals surface area contributed by atoms with E-state index in [1.807, 2.05) is 105 Å². The standard InChI is InChI=1S/C32H34N2O3/c1-3-19-33-32(36)29(21-25-12-5-4-6-13-25)34(22-26-14-9-11-24(2)20-26)31(35)23-37-30-18-10-16-27-15-7-8-17-28(27)30/h4-18,20,29H,3,19,21-23H2,1-2H3,(H,33,36). The molecule has 0 fully saturated rings. The zero-order chi connectivity index (χ0) is 26.0. The van der Waals surface area contributed by atoms with Gasteiger partial charge in [0.1, 0.15) is 11.8 Å². The Bertz CT molecular complexity index is 1330. The monoisotopic (exact) mass is 494 g/mol. The number of fused-ring (bicyclic) bond motifs is 1. The molecule has 5 nitrogen and oxygen atoms in total. The number of carbonyl (C=O) groups is 2. The van der Waals surface area contributed by atoms with Crippen molar-refractivity contribution in [2.75, 3.05) is 13.2 Å². The number of amides is 2. The van der Waals surface area contributed by atoms with Gasteiger partial charge >= 0.3 is 0 Å². The van der Waals surface area contributed by atoms with Crippen molar-refractivity contribution in [2.45, 2.75) is 39.3 Å². The molecular weight excluding hydrogens is 460 g/mol. The van der Waals surface area contributed by atoms with Gasteiger partial charge in [-0.05, 0) is 35.9 Å². The molecule has 2 amide bonds. The molecule has 0 aliphatic carbocycles. The number of hydrogen-bond donors (Lipinski definition) is 1. The predicted molar refractivity (Wildman–Crippen MR) is 148 cm³/mol. The molecule has 1 atom stereocenters. The smallest absolute Gasteiger partial charge is 0.261 e. The van der Waals surface area contributed by atoms with E-state index >= 15 is 0 Å². The van der Waals surface area contributed by atoms with E-state index in [1.165, 1.54) is 0 Å². The molecule has 0 bridgehead atoms. The molecule has 0 aliphatic heterocycles. The quantitative estimate of drug-likeness (QED) is 0.291. The molecule has 1 N–H and O–H groups in total. The summed E-state index contributed by atoms with van der Waals surface area (Å²) >= 11 is 0. The summed E-state index contributed by atoms with van der Waals surface area (Å²) in [5, 5.41) is 5.00. The van der Waals surface area contributed by atoms with Gasteiger partial charge in [-0.1, -0.05) is 103 Å². The highest BCUT2D eigenvalue weighted by molar-refractivity contribution is 5.90. The van der Waals surface area contributed by atoms with E-state index in [0.717, 1.165) is 33.9 Å². The maximum atomic E-state index is 13.8. The van der Waals surface area contributed by atoms with Crippen LogP contribution in [0.5, 0.6) is 5.75 Å². The minimum absolute atomic E-state index is 0.156. The van der Waals surface area contributed by atoms with Gasteiger partial charge < -0.3 is 15.0 Å². The van der Waals surface area contributed by atoms with Crippen LogP contribution in [-0.2, 0) is 22.6 Å². The first-order valence-corrected chi connectivity index (χ1v) is 12.8. The van der Waals surface area contributed by atoms with Gasteiger partial charge in [-0.3, -0.25) is 9.59 Å². The van der Waals surface area contributed by atoms with Crippen molar-refractivity contribution in [1.82, 2.24) is 10.2 Å². The maximum absolute atomic E-state index is 13.8. The molecule has 190 valence electrons. The van der Waals surface area contributed by atoms with Crippen LogP contribution in [0.25, 0.3) is 10.8 Å². The van der Waals surface area contributed by atoms with Crippen molar-refractivity contribution in [2.24, 2.45) is 0 Å². The Hall–Kier alpha value is -4.12. The van der Waals surface area contributed by atoms with Crippen LogP contribution in [-0.4, -0.2) is 35.9 Å². The van der Waals surface area contributed by atoms with Gasteiger partial charge in [0.25, 0.3) is 5.91 Å². The van der Waals surface area contributed by atoms with E-state index < -0.39 is 6.04 Å². The van der Waals surface area contributed by atoms with Gasteiger partial charge in [0.05, 0.1) is 0 Å². The number of benzene rings is 4. The van der Waals surface area contributed by atoms with Crippen LogP contribution >= 0.6 is 0 Å². The van der Waals surface area contributed by atoms with E-state index in [1.54, 1.807) is 4.90 Å². The molecule has 5 heteroatoms. The SMILES string of the molecule is CCCNC(=O)C(Cc1ccccc1)N(Cc1cccc(C)c1)C(=O)COc1cccc2ccccc12. The van der Waals surface area contributed by atoms with Gasteiger partial charge in [-0.25, -0.2) is 0 Å². The predicted octanol–water partition coefficient (Wildman–Crippen LogP) is 5.69. The van der Waals surface area contributed by atoms with E-state index in [-0.39, 0.29) is 18.4 Å². The normalized spacial score (nSPS) is 11.6. The fourth-order valence-electron chi connectivity index (χ4n) is 4.47. The molecule has 4 aromatic rings.